The van der Waals surface area contributed by atoms with Gasteiger partial charge in [0.15, 0.2) is 0 Å². The molecular weight excluding hydrogens is 392 g/mol. The fraction of sp³-hybridized carbons (Fsp3) is 0.160. The zero-order valence-corrected chi connectivity index (χ0v) is 17.9. The summed E-state index contributed by atoms with van der Waals surface area (Å²) in [5.41, 5.74) is 4.26. The Morgan fingerprint density at radius 2 is 1.23 bits per heavy atom. The van der Waals surface area contributed by atoms with Crippen molar-refractivity contribution in [3.63, 3.8) is 0 Å². The zero-order valence-electron chi connectivity index (χ0n) is 17.9. The van der Waals surface area contributed by atoms with Crippen molar-refractivity contribution in [1.82, 2.24) is 9.97 Å². The number of imidazole rings is 1. The second-order valence-electron chi connectivity index (χ2n) is 6.81. The summed E-state index contributed by atoms with van der Waals surface area (Å²) in [6, 6.07) is 21.4. The van der Waals surface area contributed by atoms with Crippen molar-refractivity contribution in [2.45, 2.75) is 0 Å². The first-order chi connectivity index (χ1) is 15.2. The summed E-state index contributed by atoms with van der Waals surface area (Å²) in [6.45, 7) is 0. The lowest BCUT2D eigenvalue weighted by molar-refractivity contribution is 0.394. The van der Waals surface area contributed by atoms with E-state index in [1.807, 2.05) is 66.7 Å². The van der Waals surface area contributed by atoms with E-state index in [1.54, 1.807) is 28.4 Å². The van der Waals surface area contributed by atoms with Crippen molar-refractivity contribution >= 4 is 0 Å². The lowest BCUT2D eigenvalue weighted by Crippen LogP contribution is -1.94. The number of hydrogen-bond acceptors (Lipinski definition) is 5. The third kappa shape index (κ3) is 3.92. The number of methoxy groups -OCH3 is 4. The van der Waals surface area contributed by atoms with Gasteiger partial charge in [0.1, 0.15) is 34.5 Å². The molecule has 0 atom stereocenters. The Balaban J connectivity index is 1.96. The molecule has 0 amide bonds. The van der Waals surface area contributed by atoms with E-state index in [2.05, 4.69) is 4.98 Å². The maximum Gasteiger partial charge on any atom is 0.138 e. The average Bonchev–Trinajstić information content (AvgIpc) is 3.28. The van der Waals surface area contributed by atoms with E-state index < -0.39 is 0 Å². The van der Waals surface area contributed by atoms with Crippen LogP contribution in [0.2, 0.25) is 0 Å². The Hall–Kier alpha value is -3.93. The number of H-pyrrole nitrogens is 1. The Kier molecular flexibility index (Phi) is 5.80. The van der Waals surface area contributed by atoms with E-state index in [4.69, 9.17) is 23.9 Å². The van der Waals surface area contributed by atoms with Crippen LogP contribution in [-0.2, 0) is 0 Å². The molecule has 1 heterocycles. The second-order valence-corrected chi connectivity index (χ2v) is 6.81. The van der Waals surface area contributed by atoms with Gasteiger partial charge in [0.25, 0.3) is 0 Å². The van der Waals surface area contributed by atoms with Gasteiger partial charge >= 0.3 is 0 Å². The highest BCUT2D eigenvalue weighted by Crippen LogP contribution is 2.42. The molecule has 6 heteroatoms. The highest BCUT2D eigenvalue weighted by atomic mass is 16.5. The molecule has 6 nitrogen and oxygen atoms in total. The van der Waals surface area contributed by atoms with Gasteiger partial charge in [-0.15, -0.1) is 0 Å². The second kappa shape index (κ2) is 8.83. The van der Waals surface area contributed by atoms with Crippen LogP contribution in [0.1, 0.15) is 0 Å². The first-order valence-electron chi connectivity index (χ1n) is 9.78. The van der Waals surface area contributed by atoms with E-state index in [9.17, 15) is 0 Å². The number of ether oxygens (including phenoxy) is 4. The minimum absolute atomic E-state index is 0.666. The first-order valence-corrected chi connectivity index (χ1v) is 9.78. The summed E-state index contributed by atoms with van der Waals surface area (Å²) in [4.78, 5) is 8.43. The summed E-state index contributed by atoms with van der Waals surface area (Å²) in [5, 5.41) is 0. The molecule has 1 N–H and O–H groups in total. The number of nitrogens with zero attached hydrogens (tertiary/aromatic N) is 1. The Morgan fingerprint density at radius 3 is 1.81 bits per heavy atom. The zero-order chi connectivity index (χ0) is 21.8. The highest BCUT2D eigenvalue weighted by Gasteiger charge is 2.21. The van der Waals surface area contributed by atoms with Crippen LogP contribution in [0.5, 0.6) is 23.0 Å². The molecule has 4 aromatic rings. The SMILES string of the molecule is COc1ccc(-c2nc(-c3ccccc3)[nH]c2-c2ccc(OC)cc2OC)c(OC)c1. The lowest BCUT2D eigenvalue weighted by Gasteiger charge is -2.13. The van der Waals surface area contributed by atoms with Crippen molar-refractivity contribution in [1.29, 1.82) is 0 Å². The Labute approximate surface area is 181 Å². The van der Waals surface area contributed by atoms with Crippen LogP contribution in [0.3, 0.4) is 0 Å². The Morgan fingerprint density at radius 1 is 0.645 bits per heavy atom. The smallest absolute Gasteiger partial charge is 0.138 e. The van der Waals surface area contributed by atoms with Crippen LogP contribution in [0.15, 0.2) is 66.7 Å². The van der Waals surface area contributed by atoms with E-state index in [1.165, 1.54) is 0 Å². The van der Waals surface area contributed by atoms with Gasteiger partial charge in [0, 0.05) is 28.8 Å². The summed E-state index contributed by atoms with van der Waals surface area (Å²) >= 11 is 0. The van der Waals surface area contributed by atoms with Crippen molar-refractivity contribution in [2.75, 3.05) is 28.4 Å². The average molecular weight is 416 g/mol. The molecule has 0 radical (unpaired) electrons. The van der Waals surface area contributed by atoms with Gasteiger partial charge < -0.3 is 23.9 Å². The summed E-state index contributed by atoms with van der Waals surface area (Å²) < 4.78 is 22.0. The molecule has 0 saturated heterocycles. The molecule has 0 aliphatic heterocycles. The number of benzene rings is 3. The largest absolute Gasteiger partial charge is 0.497 e. The van der Waals surface area contributed by atoms with Crippen LogP contribution in [-0.4, -0.2) is 38.4 Å². The summed E-state index contributed by atoms with van der Waals surface area (Å²) in [5.74, 6) is 3.52. The highest BCUT2D eigenvalue weighted by molar-refractivity contribution is 5.86. The standard InChI is InChI=1S/C25H24N2O4/c1-28-17-10-12-19(21(14-17)30-3)23-24(20-13-11-18(29-2)15-22(20)31-4)27-25(26-23)16-8-6-5-7-9-16/h5-15H,1-4H3,(H,26,27). The maximum absolute atomic E-state index is 5.66. The lowest BCUT2D eigenvalue weighted by atomic mass is 10.0. The molecular formula is C25H24N2O4. The van der Waals surface area contributed by atoms with Crippen LogP contribution >= 0.6 is 0 Å². The summed E-state index contributed by atoms with van der Waals surface area (Å²) in [7, 11) is 6.53. The number of rotatable bonds is 7. The van der Waals surface area contributed by atoms with Crippen molar-refractivity contribution in [3.05, 3.63) is 66.7 Å². The van der Waals surface area contributed by atoms with E-state index in [-0.39, 0.29) is 0 Å². The molecule has 1 aromatic heterocycles. The number of aromatic nitrogens is 2. The quantitative estimate of drug-likeness (QED) is 0.434. The van der Waals surface area contributed by atoms with Gasteiger partial charge in [-0.1, -0.05) is 30.3 Å². The summed E-state index contributed by atoms with van der Waals surface area (Å²) in [6.07, 6.45) is 0. The van der Waals surface area contributed by atoms with Gasteiger partial charge in [-0.05, 0) is 24.3 Å². The monoisotopic (exact) mass is 416 g/mol. The van der Waals surface area contributed by atoms with E-state index in [0.717, 1.165) is 33.9 Å². The van der Waals surface area contributed by atoms with Gasteiger partial charge in [-0.2, -0.15) is 0 Å². The number of nitrogens with one attached hydrogen (secondary N) is 1. The molecule has 0 fully saturated rings. The predicted octanol–water partition coefficient (Wildman–Crippen LogP) is 5.45. The molecule has 31 heavy (non-hydrogen) atoms. The first kappa shape index (κ1) is 20.3. The minimum Gasteiger partial charge on any atom is -0.497 e. The van der Waals surface area contributed by atoms with E-state index >= 15 is 0 Å². The molecule has 0 saturated carbocycles. The molecule has 158 valence electrons. The van der Waals surface area contributed by atoms with Gasteiger partial charge in [-0.25, -0.2) is 4.98 Å². The van der Waals surface area contributed by atoms with Crippen molar-refractivity contribution in [3.8, 4) is 56.9 Å². The van der Waals surface area contributed by atoms with E-state index in [0.29, 0.717) is 23.0 Å². The third-order valence-corrected chi connectivity index (χ3v) is 5.09. The van der Waals surface area contributed by atoms with Gasteiger partial charge in [0.05, 0.1) is 34.1 Å². The van der Waals surface area contributed by atoms with Crippen LogP contribution < -0.4 is 18.9 Å². The fourth-order valence-electron chi connectivity index (χ4n) is 3.49. The Bertz CT molecular complexity index is 1110. The van der Waals surface area contributed by atoms with Crippen LogP contribution in [0.4, 0.5) is 0 Å². The predicted molar refractivity (Wildman–Crippen MR) is 121 cm³/mol. The molecule has 0 spiro atoms. The van der Waals surface area contributed by atoms with Gasteiger partial charge in [0.2, 0.25) is 0 Å². The molecule has 4 rings (SSSR count). The molecule has 0 bridgehead atoms. The normalized spacial score (nSPS) is 10.6. The van der Waals surface area contributed by atoms with Gasteiger partial charge in [-0.3, -0.25) is 0 Å². The maximum atomic E-state index is 5.66. The third-order valence-electron chi connectivity index (χ3n) is 5.09. The molecule has 0 aliphatic rings. The number of hydrogen-bond donors (Lipinski definition) is 1. The topological polar surface area (TPSA) is 65.6 Å². The minimum atomic E-state index is 0.666. The van der Waals surface area contributed by atoms with Crippen molar-refractivity contribution < 1.29 is 18.9 Å². The van der Waals surface area contributed by atoms with Crippen LogP contribution in [0, 0.1) is 0 Å². The van der Waals surface area contributed by atoms with Crippen molar-refractivity contribution in [2.24, 2.45) is 0 Å². The molecule has 3 aromatic carbocycles. The molecule has 0 unspecified atom stereocenters. The number of aromatic amines is 1. The van der Waals surface area contributed by atoms with Crippen LogP contribution in [0.25, 0.3) is 33.9 Å². The molecule has 0 aliphatic carbocycles. The fourth-order valence-corrected chi connectivity index (χ4v) is 3.49.